The van der Waals surface area contributed by atoms with Crippen LogP contribution >= 0.6 is 0 Å². The average molecular weight is 408 g/mol. The van der Waals surface area contributed by atoms with Gasteiger partial charge in [-0.15, -0.1) is 0 Å². The Bertz CT molecular complexity index is 936. The van der Waals surface area contributed by atoms with E-state index in [4.69, 9.17) is 14.5 Å². The summed E-state index contributed by atoms with van der Waals surface area (Å²) in [6, 6.07) is 11.8. The van der Waals surface area contributed by atoms with E-state index in [0.29, 0.717) is 5.92 Å². The first-order valence-electron chi connectivity index (χ1n) is 10.9. The van der Waals surface area contributed by atoms with Crippen LogP contribution in [0, 0.1) is 0 Å². The predicted octanol–water partition coefficient (Wildman–Crippen LogP) is 6.85. The maximum Gasteiger partial charge on any atom is 0.124 e. The average Bonchev–Trinajstić information content (AvgIpc) is 2.78. The van der Waals surface area contributed by atoms with Gasteiger partial charge in [-0.05, 0) is 31.0 Å². The SMILES string of the molecule is CCCCCCC(CC)c1cnc2ccc(Nc3cc(OC)cc(OC)c3)cc2n1. The lowest BCUT2D eigenvalue weighted by atomic mass is 9.95. The predicted molar refractivity (Wildman–Crippen MR) is 124 cm³/mol. The molecule has 5 heteroatoms. The number of nitrogens with one attached hydrogen (secondary N) is 1. The van der Waals surface area contributed by atoms with E-state index in [1.54, 1.807) is 14.2 Å². The van der Waals surface area contributed by atoms with Crippen LogP contribution in [-0.2, 0) is 0 Å². The zero-order valence-corrected chi connectivity index (χ0v) is 18.6. The molecular weight excluding hydrogens is 374 g/mol. The molecule has 3 aromatic rings. The van der Waals surface area contributed by atoms with Crippen molar-refractivity contribution in [3.05, 3.63) is 48.3 Å². The summed E-state index contributed by atoms with van der Waals surface area (Å²) in [4.78, 5) is 9.63. The van der Waals surface area contributed by atoms with E-state index in [1.807, 2.05) is 36.5 Å². The highest BCUT2D eigenvalue weighted by Crippen LogP contribution is 2.30. The summed E-state index contributed by atoms with van der Waals surface area (Å²) in [7, 11) is 3.30. The molecule has 0 aliphatic carbocycles. The summed E-state index contributed by atoms with van der Waals surface area (Å²) in [5.41, 5.74) is 4.78. The van der Waals surface area contributed by atoms with Gasteiger partial charge in [0.15, 0.2) is 0 Å². The van der Waals surface area contributed by atoms with Crippen LogP contribution in [0.25, 0.3) is 11.0 Å². The lowest BCUT2D eigenvalue weighted by Gasteiger charge is -2.15. The van der Waals surface area contributed by atoms with Gasteiger partial charge < -0.3 is 14.8 Å². The molecule has 1 N–H and O–H groups in total. The number of anilines is 2. The molecule has 0 fully saturated rings. The fourth-order valence-electron chi connectivity index (χ4n) is 3.73. The van der Waals surface area contributed by atoms with Crippen LogP contribution in [0.1, 0.15) is 64.0 Å². The fourth-order valence-corrected chi connectivity index (χ4v) is 3.73. The maximum absolute atomic E-state index is 5.36. The number of unbranched alkanes of at least 4 members (excludes halogenated alkanes) is 3. The molecule has 1 atom stereocenters. The lowest BCUT2D eigenvalue weighted by Crippen LogP contribution is -2.02. The van der Waals surface area contributed by atoms with Gasteiger partial charge in [-0.2, -0.15) is 0 Å². The van der Waals surface area contributed by atoms with Crippen LogP contribution in [0.2, 0.25) is 0 Å². The van der Waals surface area contributed by atoms with Crippen molar-refractivity contribution in [2.75, 3.05) is 19.5 Å². The normalized spacial score (nSPS) is 12.0. The number of aromatic nitrogens is 2. The molecule has 0 spiro atoms. The van der Waals surface area contributed by atoms with Crippen LogP contribution in [-0.4, -0.2) is 24.2 Å². The van der Waals surface area contributed by atoms with Crippen molar-refractivity contribution >= 4 is 22.4 Å². The molecule has 30 heavy (non-hydrogen) atoms. The summed E-state index contributed by atoms with van der Waals surface area (Å²) in [5.74, 6) is 1.96. The van der Waals surface area contributed by atoms with Gasteiger partial charge in [-0.3, -0.25) is 4.98 Å². The number of hydrogen-bond acceptors (Lipinski definition) is 5. The van der Waals surface area contributed by atoms with E-state index in [-0.39, 0.29) is 0 Å². The topological polar surface area (TPSA) is 56.3 Å². The zero-order valence-electron chi connectivity index (χ0n) is 18.6. The van der Waals surface area contributed by atoms with Crippen LogP contribution in [0.3, 0.4) is 0 Å². The summed E-state index contributed by atoms with van der Waals surface area (Å²) in [6.07, 6.45) is 9.35. The van der Waals surface area contributed by atoms with Crippen LogP contribution in [0.15, 0.2) is 42.6 Å². The van der Waals surface area contributed by atoms with Crippen LogP contribution in [0.4, 0.5) is 11.4 Å². The van der Waals surface area contributed by atoms with Gasteiger partial charge >= 0.3 is 0 Å². The van der Waals surface area contributed by atoms with Crippen molar-refractivity contribution in [3.8, 4) is 11.5 Å². The van der Waals surface area contributed by atoms with Crippen molar-refractivity contribution in [2.24, 2.45) is 0 Å². The Morgan fingerprint density at radius 3 is 2.30 bits per heavy atom. The molecule has 2 aromatic carbocycles. The molecule has 5 nitrogen and oxygen atoms in total. The van der Waals surface area contributed by atoms with E-state index < -0.39 is 0 Å². The van der Waals surface area contributed by atoms with Gasteiger partial charge in [0.25, 0.3) is 0 Å². The van der Waals surface area contributed by atoms with Gasteiger partial charge in [0.1, 0.15) is 11.5 Å². The molecule has 0 aliphatic heterocycles. The Hall–Kier alpha value is -2.82. The van der Waals surface area contributed by atoms with E-state index in [0.717, 1.165) is 46.0 Å². The third kappa shape index (κ3) is 5.62. The van der Waals surface area contributed by atoms with Crippen LogP contribution in [0.5, 0.6) is 11.5 Å². The van der Waals surface area contributed by atoms with E-state index >= 15 is 0 Å². The third-order valence-corrected chi connectivity index (χ3v) is 5.52. The largest absolute Gasteiger partial charge is 0.497 e. The molecule has 0 saturated carbocycles. The summed E-state index contributed by atoms with van der Waals surface area (Å²) >= 11 is 0. The minimum atomic E-state index is 0.470. The van der Waals surface area contributed by atoms with Crippen LogP contribution < -0.4 is 14.8 Å². The highest BCUT2D eigenvalue weighted by atomic mass is 16.5. The van der Waals surface area contributed by atoms with E-state index in [1.165, 1.54) is 32.1 Å². The number of hydrogen-bond donors (Lipinski definition) is 1. The molecule has 0 aliphatic rings. The Morgan fingerprint density at radius 2 is 1.63 bits per heavy atom. The second kappa shape index (κ2) is 10.8. The van der Waals surface area contributed by atoms with Gasteiger partial charge in [0, 0.05) is 41.7 Å². The second-order valence-electron chi connectivity index (χ2n) is 7.68. The number of nitrogens with zero attached hydrogens (tertiary/aromatic N) is 2. The quantitative estimate of drug-likeness (QED) is 0.352. The lowest BCUT2D eigenvalue weighted by molar-refractivity contribution is 0.395. The summed E-state index contributed by atoms with van der Waals surface area (Å²) in [5, 5.41) is 3.43. The standard InChI is InChI=1S/C25H33N3O2/c1-5-7-8-9-10-18(6-2)25-17-26-23-12-11-19(15-24(23)28-25)27-20-13-21(29-3)16-22(14-20)30-4/h11-18,27H,5-10H2,1-4H3. The minimum Gasteiger partial charge on any atom is -0.497 e. The first-order chi connectivity index (χ1) is 14.7. The van der Waals surface area contributed by atoms with E-state index in [9.17, 15) is 0 Å². The number of rotatable bonds is 11. The molecule has 1 heterocycles. The molecule has 0 radical (unpaired) electrons. The van der Waals surface area contributed by atoms with Gasteiger partial charge in [0.2, 0.25) is 0 Å². The fraction of sp³-hybridized carbons (Fsp3) is 0.440. The van der Waals surface area contributed by atoms with Crippen molar-refractivity contribution in [2.45, 2.75) is 58.3 Å². The summed E-state index contributed by atoms with van der Waals surface area (Å²) < 4.78 is 10.7. The number of ether oxygens (including phenoxy) is 2. The molecular formula is C25H33N3O2. The highest BCUT2D eigenvalue weighted by Gasteiger charge is 2.12. The molecule has 1 unspecified atom stereocenters. The Balaban J connectivity index is 1.81. The van der Waals surface area contributed by atoms with Crippen molar-refractivity contribution in [1.29, 1.82) is 0 Å². The number of methoxy groups -OCH3 is 2. The zero-order chi connectivity index (χ0) is 21.3. The first-order valence-corrected chi connectivity index (χ1v) is 10.9. The van der Waals surface area contributed by atoms with Crippen molar-refractivity contribution in [1.82, 2.24) is 9.97 Å². The molecule has 1 aromatic heterocycles. The smallest absolute Gasteiger partial charge is 0.124 e. The molecule has 0 bridgehead atoms. The number of benzene rings is 2. The van der Waals surface area contributed by atoms with Crippen molar-refractivity contribution in [3.63, 3.8) is 0 Å². The maximum atomic E-state index is 5.36. The molecule has 0 saturated heterocycles. The Kier molecular flexibility index (Phi) is 7.89. The van der Waals surface area contributed by atoms with Gasteiger partial charge in [0.05, 0.1) is 30.9 Å². The first kappa shape index (κ1) is 21.9. The summed E-state index contributed by atoms with van der Waals surface area (Å²) in [6.45, 7) is 4.49. The van der Waals surface area contributed by atoms with E-state index in [2.05, 4.69) is 30.2 Å². The van der Waals surface area contributed by atoms with Crippen molar-refractivity contribution < 1.29 is 9.47 Å². The minimum absolute atomic E-state index is 0.470. The highest BCUT2D eigenvalue weighted by molar-refractivity contribution is 5.80. The third-order valence-electron chi connectivity index (χ3n) is 5.52. The van der Waals surface area contributed by atoms with Gasteiger partial charge in [-0.1, -0.05) is 39.5 Å². The number of fused-ring (bicyclic) bond motifs is 1. The molecule has 0 amide bonds. The monoisotopic (exact) mass is 407 g/mol. The second-order valence-corrected chi connectivity index (χ2v) is 7.68. The van der Waals surface area contributed by atoms with Gasteiger partial charge in [-0.25, -0.2) is 4.98 Å². The molecule has 160 valence electrons. The Morgan fingerprint density at radius 1 is 0.867 bits per heavy atom. The Labute approximate surface area is 179 Å². The molecule has 3 rings (SSSR count).